The quantitative estimate of drug-likeness (QED) is 0.399. The van der Waals surface area contributed by atoms with Gasteiger partial charge in [-0.15, -0.1) is 0 Å². The highest BCUT2D eigenvalue weighted by Crippen LogP contribution is 2.24. The summed E-state index contributed by atoms with van der Waals surface area (Å²) in [6.45, 7) is 1.76. The normalized spacial score (nSPS) is 11.4. The van der Waals surface area contributed by atoms with Crippen LogP contribution < -0.4 is 9.57 Å². The number of nitro groups is 1. The Kier molecular flexibility index (Phi) is 4.56. The molecule has 7 nitrogen and oxygen atoms in total. The Morgan fingerprint density at radius 1 is 1.16 bits per heavy atom. The van der Waals surface area contributed by atoms with Gasteiger partial charge in [-0.25, -0.2) is 4.98 Å². The van der Waals surface area contributed by atoms with Crippen molar-refractivity contribution in [1.29, 1.82) is 0 Å². The van der Waals surface area contributed by atoms with Crippen LogP contribution in [0.15, 0.2) is 59.9 Å². The van der Waals surface area contributed by atoms with Crippen molar-refractivity contribution < 1.29 is 14.5 Å². The summed E-state index contributed by atoms with van der Waals surface area (Å²) in [7, 11) is 1.63. The number of aromatic nitrogens is 1. The minimum absolute atomic E-state index is 0.141. The first-order chi connectivity index (χ1) is 12.1. The monoisotopic (exact) mass is 337 g/mol. The van der Waals surface area contributed by atoms with Gasteiger partial charge in [-0.3, -0.25) is 10.1 Å². The fourth-order valence-corrected chi connectivity index (χ4v) is 2.33. The van der Waals surface area contributed by atoms with Crippen LogP contribution in [0.2, 0.25) is 0 Å². The van der Waals surface area contributed by atoms with Crippen molar-refractivity contribution in [1.82, 2.24) is 4.98 Å². The third kappa shape index (κ3) is 3.55. The molecule has 0 aliphatic carbocycles. The lowest BCUT2D eigenvalue weighted by molar-refractivity contribution is -0.386. The van der Waals surface area contributed by atoms with Gasteiger partial charge in [0.2, 0.25) is 0 Å². The molecule has 0 unspecified atom stereocenters. The van der Waals surface area contributed by atoms with E-state index in [9.17, 15) is 10.1 Å². The lowest BCUT2D eigenvalue weighted by Gasteiger charge is -2.06. The lowest BCUT2D eigenvalue weighted by Crippen LogP contribution is -2.00. The molecule has 2 aromatic carbocycles. The van der Waals surface area contributed by atoms with Gasteiger partial charge in [-0.1, -0.05) is 23.4 Å². The van der Waals surface area contributed by atoms with E-state index in [-0.39, 0.29) is 11.6 Å². The number of pyridine rings is 1. The van der Waals surface area contributed by atoms with Gasteiger partial charge in [-0.2, -0.15) is 0 Å². The smallest absolute Gasteiger partial charge is 0.333 e. The first-order valence-corrected chi connectivity index (χ1v) is 7.47. The number of nitrogens with zero attached hydrogens (tertiary/aromatic N) is 3. The van der Waals surface area contributed by atoms with Crippen molar-refractivity contribution in [2.24, 2.45) is 5.16 Å². The van der Waals surface area contributed by atoms with E-state index in [4.69, 9.17) is 9.57 Å². The average Bonchev–Trinajstić information content (AvgIpc) is 2.65. The second-order valence-corrected chi connectivity index (χ2v) is 5.28. The molecule has 0 amide bonds. The van der Waals surface area contributed by atoms with Crippen LogP contribution in [0.4, 0.5) is 5.69 Å². The largest absolute Gasteiger partial charge is 0.497 e. The van der Waals surface area contributed by atoms with Gasteiger partial charge in [0.1, 0.15) is 5.75 Å². The zero-order valence-corrected chi connectivity index (χ0v) is 13.7. The molecule has 0 saturated heterocycles. The molecule has 1 aromatic heterocycles. The number of rotatable bonds is 5. The molecular weight excluding hydrogens is 322 g/mol. The highest BCUT2D eigenvalue weighted by molar-refractivity contribution is 6.01. The van der Waals surface area contributed by atoms with Crippen LogP contribution in [0.25, 0.3) is 10.8 Å². The molecule has 7 heteroatoms. The topological polar surface area (TPSA) is 86.8 Å². The van der Waals surface area contributed by atoms with E-state index in [1.165, 1.54) is 18.3 Å². The molecule has 0 aliphatic rings. The Labute approximate surface area is 143 Å². The first-order valence-electron chi connectivity index (χ1n) is 7.47. The number of hydrogen-bond acceptors (Lipinski definition) is 6. The Morgan fingerprint density at radius 2 is 1.92 bits per heavy atom. The molecule has 0 bridgehead atoms. The van der Waals surface area contributed by atoms with Crippen molar-refractivity contribution in [3.8, 4) is 11.6 Å². The van der Waals surface area contributed by atoms with E-state index in [0.717, 1.165) is 22.1 Å². The summed E-state index contributed by atoms with van der Waals surface area (Å²) in [5, 5.41) is 17.0. The predicted octanol–water partition coefficient (Wildman–Crippen LogP) is 3.95. The molecular formula is C18H15N3O4. The van der Waals surface area contributed by atoms with Gasteiger partial charge in [0.05, 0.1) is 17.7 Å². The van der Waals surface area contributed by atoms with E-state index in [0.29, 0.717) is 5.71 Å². The number of ether oxygens (including phenoxy) is 1. The van der Waals surface area contributed by atoms with Crippen molar-refractivity contribution in [3.05, 3.63) is 70.4 Å². The minimum atomic E-state index is -0.559. The molecule has 25 heavy (non-hydrogen) atoms. The third-order valence-electron chi connectivity index (χ3n) is 3.68. The fraction of sp³-hybridized carbons (Fsp3) is 0.111. The highest BCUT2D eigenvalue weighted by atomic mass is 16.7. The molecule has 0 spiro atoms. The van der Waals surface area contributed by atoms with Crippen LogP contribution in [-0.4, -0.2) is 22.7 Å². The number of oxime groups is 1. The summed E-state index contributed by atoms with van der Waals surface area (Å²) in [6, 6.07) is 14.4. The van der Waals surface area contributed by atoms with Crippen LogP contribution in [0.5, 0.6) is 11.6 Å². The predicted molar refractivity (Wildman–Crippen MR) is 94.2 cm³/mol. The molecule has 3 aromatic rings. The van der Waals surface area contributed by atoms with Crippen molar-refractivity contribution >= 4 is 22.2 Å². The van der Waals surface area contributed by atoms with Crippen molar-refractivity contribution in [2.75, 3.05) is 7.11 Å². The van der Waals surface area contributed by atoms with Gasteiger partial charge < -0.3 is 9.57 Å². The minimum Gasteiger partial charge on any atom is -0.497 e. The van der Waals surface area contributed by atoms with E-state index in [1.54, 1.807) is 14.0 Å². The summed E-state index contributed by atoms with van der Waals surface area (Å²) in [6.07, 6.45) is 1.41. The molecule has 0 saturated carbocycles. The van der Waals surface area contributed by atoms with Gasteiger partial charge in [-0.05, 0) is 47.5 Å². The maximum Gasteiger partial charge on any atom is 0.333 e. The third-order valence-corrected chi connectivity index (χ3v) is 3.68. The molecule has 0 radical (unpaired) electrons. The summed E-state index contributed by atoms with van der Waals surface area (Å²) in [5.74, 6) is 0.647. The Balaban J connectivity index is 1.87. The van der Waals surface area contributed by atoms with Crippen LogP contribution in [-0.2, 0) is 0 Å². The van der Waals surface area contributed by atoms with Gasteiger partial charge in [0.25, 0.3) is 0 Å². The molecule has 0 fully saturated rings. The van der Waals surface area contributed by atoms with Gasteiger partial charge in [0.15, 0.2) is 0 Å². The number of hydrogen-bond donors (Lipinski definition) is 0. The second kappa shape index (κ2) is 6.96. The molecule has 0 atom stereocenters. The molecule has 3 rings (SSSR count). The molecule has 126 valence electrons. The Bertz CT molecular complexity index is 969. The SMILES string of the molecule is COc1ccc2cc(/C(C)=N/Oc3ncccc3[N+](=O)[O-])ccc2c1. The number of methoxy groups -OCH3 is 1. The maximum absolute atomic E-state index is 11.0. The number of benzene rings is 2. The van der Waals surface area contributed by atoms with Crippen molar-refractivity contribution in [2.45, 2.75) is 6.92 Å². The summed E-state index contributed by atoms with van der Waals surface area (Å²) in [4.78, 5) is 19.4. The maximum atomic E-state index is 11.0. The molecule has 0 N–H and O–H groups in total. The van der Waals surface area contributed by atoms with Crippen molar-refractivity contribution in [3.63, 3.8) is 0 Å². The fourth-order valence-electron chi connectivity index (χ4n) is 2.33. The highest BCUT2D eigenvalue weighted by Gasteiger charge is 2.16. The summed E-state index contributed by atoms with van der Waals surface area (Å²) in [5.41, 5.74) is 1.19. The van der Waals surface area contributed by atoms with Gasteiger partial charge in [0, 0.05) is 12.3 Å². The van der Waals surface area contributed by atoms with Gasteiger partial charge >= 0.3 is 11.6 Å². The van der Waals surface area contributed by atoms with Crippen LogP contribution in [0, 0.1) is 10.1 Å². The van der Waals surface area contributed by atoms with E-state index in [2.05, 4.69) is 10.1 Å². The number of fused-ring (bicyclic) bond motifs is 1. The Hall–Kier alpha value is -3.48. The average molecular weight is 337 g/mol. The summed E-state index contributed by atoms with van der Waals surface area (Å²) < 4.78 is 5.21. The lowest BCUT2D eigenvalue weighted by atomic mass is 10.0. The van der Waals surface area contributed by atoms with Crippen LogP contribution in [0.1, 0.15) is 12.5 Å². The zero-order valence-electron chi connectivity index (χ0n) is 13.7. The van der Waals surface area contributed by atoms with E-state index >= 15 is 0 Å². The zero-order chi connectivity index (χ0) is 17.8. The standard InChI is InChI=1S/C18H15N3O4/c1-12(20-25-18-17(21(22)23)4-3-9-19-18)13-5-6-15-11-16(24-2)8-7-14(15)10-13/h3-11H,1-2H3/b20-12+. The second-order valence-electron chi connectivity index (χ2n) is 5.28. The Morgan fingerprint density at radius 3 is 2.68 bits per heavy atom. The van der Waals surface area contributed by atoms with Crippen LogP contribution in [0.3, 0.4) is 0 Å². The first kappa shape index (κ1) is 16.4. The summed E-state index contributed by atoms with van der Waals surface area (Å²) >= 11 is 0. The van der Waals surface area contributed by atoms with E-state index in [1.807, 2.05) is 36.4 Å². The van der Waals surface area contributed by atoms with Crippen LogP contribution >= 0.6 is 0 Å². The van der Waals surface area contributed by atoms with E-state index < -0.39 is 4.92 Å². The molecule has 0 aliphatic heterocycles. The molecule has 1 heterocycles.